The maximum atomic E-state index is 11.8. The summed E-state index contributed by atoms with van der Waals surface area (Å²) in [5.41, 5.74) is 1.74. The number of hydrogen-bond acceptors (Lipinski definition) is 2. The number of esters is 1. The predicted octanol–water partition coefficient (Wildman–Crippen LogP) is 5.15. The van der Waals surface area contributed by atoms with Crippen LogP contribution in [0.3, 0.4) is 0 Å². The first-order valence-electron chi connectivity index (χ1n) is 7.83. The molecule has 0 aliphatic heterocycles. The lowest BCUT2D eigenvalue weighted by Crippen LogP contribution is -2.06. The molecule has 0 spiro atoms. The zero-order valence-electron chi connectivity index (χ0n) is 13.2. The second-order valence-electron chi connectivity index (χ2n) is 5.96. The lowest BCUT2D eigenvalue weighted by Gasteiger charge is -2.06. The molecule has 0 unspecified atom stereocenters. The fourth-order valence-corrected chi connectivity index (χ4v) is 2.21. The number of benzene rings is 1. The predicted molar refractivity (Wildman–Crippen MR) is 84.0 cm³/mol. The molecule has 0 radical (unpaired) electrons. The molecule has 0 amide bonds. The molecule has 1 rings (SSSR count). The molecule has 0 saturated carbocycles. The van der Waals surface area contributed by atoms with Crippen LogP contribution in [-0.2, 0) is 4.74 Å². The van der Waals surface area contributed by atoms with Gasteiger partial charge in [0.1, 0.15) is 0 Å². The number of carbonyl (C=O) groups excluding carboxylic acids is 1. The average molecular weight is 276 g/mol. The van der Waals surface area contributed by atoms with Gasteiger partial charge in [-0.2, -0.15) is 0 Å². The third-order valence-corrected chi connectivity index (χ3v) is 3.41. The Balaban J connectivity index is 2.05. The summed E-state index contributed by atoms with van der Waals surface area (Å²) >= 11 is 0. The Kier molecular flexibility index (Phi) is 8.01. The van der Waals surface area contributed by atoms with Gasteiger partial charge in [0.15, 0.2) is 0 Å². The first kappa shape index (κ1) is 16.7. The highest BCUT2D eigenvalue weighted by atomic mass is 16.5. The van der Waals surface area contributed by atoms with Crippen molar-refractivity contribution in [2.75, 3.05) is 6.61 Å². The Labute approximate surface area is 123 Å². The van der Waals surface area contributed by atoms with Crippen molar-refractivity contribution in [2.45, 2.75) is 59.3 Å². The molecule has 0 aliphatic carbocycles. The van der Waals surface area contributed by atoms with Crippen molar-refractivity contribution in [3.05, 3.63) is 35.4 Å². The number of carbonyl (C=O) groups is 1. The summed E-state index contributed by atoms with van der Waals surface area (Å²) in [4.78, 5) is 11.8. The monoisotopic (exact) mass is 276 g/mol. The van der Waals surface area contributed by atoms with Crippen LogP contribution in [0.4, 0.5) is 0 Å². The van der Waals surface area contributed by atoms with E-state index >= 15 is 0 Å². The standard InChI is InChI=1S/C18H28O2/c1-15(2)10-7-5-4-6-8-13-20-18(19)17-12-9-11-16(3)14-17/h9,11-12,14-15H,4-8,10,13H2,1-3H3. The molecule has 0 atom stereocenters. The molecule has 0 bridgehead atoms. The van der Waals surface area contributed by atoms with E-state index in [4.69, 9.17) is 4.74 Å². The van der Waals surface area contributed by atoms with Crippen molar-refractivity contribution in [3.63, 3.8) is 0 Å². The normalized spacial score (nSPS) is 10.8. The van der Waals surface area contributed by atoms with Crippen molar-refractivity contribution in [1.82, 2.24) is 0 Å². The fourth-order valence-electron chi connectivity index (χ4n) is 2.21. The second-order valence-corrected chi connectivity index (χ2v) is 5.96. The topological polar surface area (TPSA) is 26.3 Å². The zero-order chi connectivity index (χ0) is 14.8. The summed E-state index contributed by atoms with van der Waals surface area (Å²) in [6.45, 7) is 7.06. The molecule has 0 saturated heterocycles. The Morgan fingerprint density at radius 1 is 1.10 bits per heavy atom. The zero-order valence-corrected chi connectivity index (χ0v) is 13.2. The SMILES string of the molecule is Cc1cccc(C(=O)OCCCCCCCC(C)C)c1. The molecule has 0 aliphatic rings. The highest BCUT2D eigenvalue weighted by Crippen LogP contribution is 2.11. The van der Waals surface area contributed by atoms with Crippen molar-refractivity contribution in [3.8, 4) is 0 Å². The Morgan fingerprint density at radius 3 is 2.50 bits per heavy atom. The van der Waals surface area contributed by atoms with Crippen molar-refractivity contribution >= 4 is 5.97 Å². The largest absolute Gasteiger partial charge is 0.462 e. The van der Waals surface area contributed by atoms with Crippen molar-refractivity contribution < 1.29 is 9.53 Å². The Morgan fingerprint density at radius 2 is 1.80 bits per heavy atom. The first-order chi connectivity index (χ1) is 9.59. The number of ether oxygens (including phenoxy) is 1. The molecule has 0 N–H and O–H groups in total. The van der Waals surface area contributed by atoms with Crippen LogP contribution in [0.5, 0.6) is 0 Å². The number of hydrogen-bond donors (Lipinski definition) is 0. The van der Waals surface area contributed by atoms with Crippen LogP contribution in [-0.4, -0.2) is 12.6 Å². The Hall–Kier alpha value is -1.31. The maximum Gasteiger partial charge on any atom is 0.338 e. The molecule has 0 heterocycles. The van der Waals surface area contributed by atoms with Gasteiger partial charge in [0.05, 0.1) is 12.2 Å². The molecule has 2 nitrogen and oxygen atoms in total. The lowest BCUT2D eigenvalue weighted by molar-refractivity contribution is 0.0497. The minimum absolute atomic E-state index is 0.200. The molecule has 0 aromatic heterocycles. The van der Waals surface area contributed by atoms with E-state index in [0.29, 0.717) is 12.2 Å². The van der Waals surface area contributed by atoms with Gasteiger partial charge in [-0.25, -0.2) is 4.79 Å². The summed E-state index contributed by atoms with van der Waals surface area (Å²) in [6, 6.07) is 7.55. The van der Waals surface area contributed by atoms with Crippen LogP contribution in [0, 0.1) is 12.8 Å². The summed E-state index contributed by atoms with van der Waals surface area (Å²) < 4.78 is 5.29. The number of unbranched alkanes of at least 4 members (excludes halogenated alkanes) is 4. The first-order valence-corrected chi connectivity index (χ1v) is 7.83. The van der Waals surface area contributed by atoms with Gasteiger partial charge in [0.25, 0.3) is 0 Å². The van der Waals surface area contributed by atoms with E-state index in [1.54, 1.807) is 6.07 Å². The molecular formula is C18H28O2. The van der Waals surface area contributed by atoms with Crippen molar-refractivity contribution in [1.29, 1.82) is 0 Å². The quantitative estimate of drug-likeness (QED) is 0.460. The molecule has 20 heavy (non-hydrogen) atoms. The van der Waals surface area contributed by atoms with Crippen LogP contribution in [0.2, 0.25) is 0 Å². The number of rotatable bonds is 9. The summed E-state index contributed by atoms with van der Waals surface area (Å²) in [5, 5.41) is 0. The van der Waals surface area contributed by atoms with Crippen LogP contribution in [0.25, 0.3) is 0 Å². The van der Waals surface area contributed by atoms with Gasteiger partial charge < -0.3 is 4.74 Å². The van der Waals surface area contributed by atoms with E-state index in [1.807, 2.05) is 25.1 Å². The van der Waals surface area contributed by atoms with Gasteiger partial charge >= 0.3 is 5.97 Å². The minimum Gasteiger partial charge on any atom is -0.462 e. The van der Waals surface area contributed by atoms with Gasteiger partial charge in [0.2, 0.25) is 0 Å². The van der Waals surface area contributed by atoms with Gasteiger partial charge in [-0.05, 0) is 31.4 Å². The van der Waals surface area contributed by atoms with E-state index in [0.717, 1.165) is 24.3 Å². The van der Waals surface area contributed by atoms with E-state index < -0.39 is 0 Å². The molecule has 2 heteroatoms. The smallest absolute Gasteiger partial charge is 0.338 e. The highest BCUT2D eigenvalue weighted by molar-refractivity contribution is 5.89. The van der Waals surface area contributed by atoms with E-state index in [1.165, 1.54) is 25.7 Å². The van der Waals surface area contributed by atoms with Crippen LogP contribution >= 0.6 is 0 Å². The van der Waals surface area contributed by atoms with Gasteiger partial charge in [0, 0.05) is 0 Å². The second kappa shape index (κ2) is 9.57. The van der Waals surface area contributed by atoms with Gasteiger partial charge in [-0.15, -0.1) is 0 Å². The maximum absolute atomic E-state index is 11.8. The van der Waals surface area contributed by atoms with Gasteiger partial charge in [-0.1, -0.05) is 63.6 Å². The molecule has 1 aromatic carbocycles. The van der Waals surface area contributed by atoms with E-state index in [2.05, 4.69) is 13.8 Å². The molecule has 112 valence electrons. The third kappa shape index (κ3) is 7.32. The summed E-state index contributed by atoms with van der Waals surface area (Å²) in [7, 11) is 0. The lowest BCUT2D eigenvalue weighted by atomic mass is 10.0. The average Bonchev–Trinajstić information content (AvgIpc) is 2.41. The fraction of sp³-hybridized carbons (Fsp3) is 0.611. The molecule has 1 aromatic rings. The van der Waals surface area contributed by atoms with Crippen LogP contribution in [0.15, 0.2) is 24.3 Å². The molecular weight excluding hydrogens is 248 g/mol. The van der Waals surface area contributed by atoms with E-state index in [-0.39, 0.29) is 5.97 Å². The summed E-state index contributed by atoms with van der Waals surface area (Å²) in [6.07, 6.45) is 7.31. The number of aryl methyl sites for hydroxylation is 1. The van der Waals surface area contributed by atoms with E-state index in [9.17, 15) is 4.79 Å². The molecule has 0 fully saturated rings. The van der Waals surface area contributed by atoms with Crippen LogP contribution in [0.1, 0.15) is 68.3 Å². The van der Waals surface area contributed by atoms with Crippen LogP contribution < -0.4 is 0 Å². The summed E-state index contributed by atoms with van der Waals surface area (Å²) in [5.74, 6) is 0.610. The Bertz CT molecular complexity index is 396. The van der Waals surface area contributed by atoms with Crippen molar-refractivity contribution in [2.24, 2.45) is 5.92 Å². The minimum atomic E-state index is -0.200. The highest BCUT2D eigenvalue weighted by Gasteiger charge is 2.06. The van der Waals surface area contributed by atoms with Gasteiger partial charge in [-0.3, -0.25) is 0 Å². The third-order valence-electron chi connectivity index (χ3n) is 3.41.